The van der Waals surface area contributed by atoms with Gasteiger partial charge in [0.2, 0.25) is 0 Å². The summed E-state index contributed by atoms with van der Waals surface area (Å²) in [5.74, 6) is 1.81. The maximum absolute atomic E-state index is 5.45. The largest absolute Gasteiger partial charge is 0.379 e. The minimum absolute atomic E-state index is 0. The quantitative estimate of drug-likeness (QED) is 0.331. The van der Waals surface area contributed by atoms with Crippen LogP contribution in [0.2, 0.25) is 0 Å². The average molecular weight is 486 g/mol. The van der Waals surface area contributed by atoms with E-state index >= 15 is 0 Å². The van der Waals surface area contributed by atoms with Crippen molar-refractivity contribution in [3.05, 3.63) is 30.1 Å². The highest BCUT2D eigenvalue weighted by Gasteiger charge is 2.28. The van der Waals surface area contributed by atoms with E-state index in [1.807, 2.05) is 24.3 Å². The predicted molar refractivity (Wildman–Crippen MR) is 121 cm³/mol. The number of fused-ring (bicyclic) bond motifs is 1. The number of imidazole rings is 1. The van der Waals surface area contributed by atoms with Crippen LogP contribution in [-0.4, -0.2) is 72.8 Å². The first-order valence-electron chi connectivity index (χ1n) is 9.29. The lowest BCUT2D eigenvalue weighted by Gasteiger charge is -2.41. The smallest absolute Gasteiger partial charge is 0.191 e. The Morgan fingerprint density at radius 2 is 2.00 bits per heavy atom. The molecule has 1 aliphatic rings. The van der Waals surface area contributed by atoms with Crippen LogP contribution in [0.15, 0.2) is 29.3 Å². The lowest BCUT2D eigenvalue weighted by atomic mass is 10.0. The van der Waals surface area contributed by atoms with Gasteiger partial charge in [-0.1, -0.05) is 12.1 Å². The molecule has 1 aromatic heterocycles. The van der Waals surface area contributed by atoms with Crippen LogP contribution >= 0.6 is 24.0 Å². The lowest BCUT2D eigenvalue weighted by molar-refractivity contribution is -0.00833. The highest BCUT2D eigenvalue weighted by Crippen LogP contribution is 2.15. The zero-order chi connectivity index (χ0) is 18.4. The van der Waals surface area contributed by atoms with Gasteiger partial charge in [-0.3, -0.25) is 9.89 Å². The van der Waals surface area contributed by atoms with Gasteiger partial charge in [-0.2, -0.15) is 0 Å². The number of aromatic nitrogens is 2. The minimum atomic E-state index is 0. The number of ether oxygens (including phenoxy) is 1. The molecule has 0 radical (unpaired) electrons. The molecule has 8 heteroatoms. The number of benzene rings is 1. The fraction of sp³-hybridized carbons (Fsp3) is 0.579. The van der Waals surface area contributed by atoms with E-state index in [4.69, 9.17) is 4.74 Å². The summed E-state index contributed by atoms with van der Waals surface area (Å²) in [6.07, 6.45) is 0.822. The van der Waals surface area contributed by atoms with Crippen LogP contribution in [0.3, 0.4) is 0 Å². The Hall–Kier alpha value is -1.39. The van der Waals surface area contributed by atoms with Crippen LogP contribution in [0.1, 0.15) is 19.7 Å². The molecule has 0 unspecified atom stereocenters. The summed E-state index contributed by atoms with van der Waals surface area (Å²) < 4.78 is 5.45. The van der Waals surface area contributed by atoms with Gasteiger partial charge in [-0.25, -0.2) is 4.98 Å². The van der Waals surface area contributed by atoms with Gasteiger partial charge in [0.25, 0.3) is 0 Å². The molecule has 0 atom stereocenters. The summed E-state index contributed by atoms with van der Waals surface area (Å²) in [6, 6.07) is 8.10. The van der Waals surface area contributed by atoms with Gasteiger partial charge in [0.15, 0.2) is 5.96 Å². The standard InChI is InChI=1S/C19H30N6O.HI/c1-19(2,25-10-12-26-13-11-25)14-22-18(20-3)21-9-8-17-23-15-6-4-5-7-16(15)24-17;/h4-7H,8-14H2,1-3H3,(H,23,24)(H2,20,21,22);1H. The van der Waals surface area contributed by atoms with Crippen molar-refractivity contribution in [2.75, 3.05) is 46.4 Å². The van der Waals surface area contributed by atoms with Crippen molar-refractivity contribution >= 4 is 41.0 Å². The second kappa shape index (κ2) is 10.2. The van der Waals surface area contributed by atoms with Gasteiger partial charge in [0.1, 0.15) is 5.82 Å². The number of halogens is 1. The van der Waals surface area contributed by atoms with Gasteiger partial charge in [-0.05, 0) is 26.0 Å². The first kappa shape index (κ1) is 21.9. The molecule has 1 aromatic carbocycles. The predicted octanol–water partition coefficient (Wildman–Crippen LogP) is 2.00. The number of nitrogens with one attached hydrogen (secondary N) is 3. The molecular weight excluding hydrogens is 455 g/mol. The third kappa shape index (κ3) is 6.05. The Kier molecular flexibility index (Phi) is 8.30. The van der Waals surface area contributed by atoms with Crippen LogP contribution in [0.25, 0.3) is 11.0 Å². The van der Waals surface area contributed by atoms with Crippen LogP contribution < -0.4 is 10.6 Å². The molecular formula is C19H31IN6O. The molecule has 27 heavy (non-hydrogen) atoms. The molecule has 0 aliphatic carbocycles. The topological polar surface area (TPSA) is 77.6 Å². The number of hydrogen-bond acceptors (Lipinski definition) is 4. The highest BCUT2D eigenvalue weighted by atomic mass is 127. The van der Waals surface area contributed by atoms with Crippen molar-refractivity contribution < 1.29 is 4.74 Å². The molecule has 3 N–H and O–H groups in total. The van der Waals surface area contributed by atoms with Crippen molar-refractivity contribution in [2.45, 2.75) is 25.8 Å². The maximum atomic E-state index is 5.45. The number of guanidine groups is 1. The highest BCUT2D eigenvalue weighted by molar-refractivity contribution is 14.0. The SMILES string of the molecule is CN=C(NCCc1nc2ccccc2[nH]1)NCC(C)(C)N1CCOCC1.I. The fourth-order valence-corrected chi connectivity index (χ4v) is 3.22. The lowest BCUT2D eigenvalue weighted by Crippen LogP contribution is -2.56. The van der Waals surface area contributed by atoms with E-state index in [2.05, 4.69) is 44.3 Å². The van der Waals surface area contributed by atoms with Crippen molar-refractivity contribution in [3.63, 3.8) is 0 Å². The number of nitrogens with zero attached hydrogens (tertiary/aromatic N) is 3. The Labute approximate surface area is 178 Å². The van der Waals surface area contributed by atoms with E-state index in [0.29, 0.717) is 0 Å². The van der Waals surface area contributed by atoms with E-state index in [-0.39, 0.29) is 29.5 Å². The minimum Gasteiger partial charge on any atom is -0.379 e. The van der Waals surface area contributed by atoms with Crippen molar-refractivity contribution in [3.8, 4) is 0 Å². The van der Waals surface area contributed by atoms with Gasteiger partial charge in [0, 0.05) is 45.2 Å². The molecule has 0 bridgehead atoms. The zero-order valence-corrected chi connectivity index (χ0v) is 18.7. The first-order chi connectivity index (χ1) is 12.6. The molecule has 3 rings (SSSR count). The summed E-state index contributed by atoms with van der Waals surface area (Å²) in [7, 11) is 1.80. The maximum Gasteiger partial charge on any atom is 0.191 e. The molecule has 1 aliphatic heterocycles. The van der Waals surface area contributed by atoms with Crippen molar-refractivity contribution in [1.29, 1.82) is 0 Å². The van der Waals surface area contributed by atoms with Crippen LogP contribution in [0.4, 0.5) is 0 Å². The summed E-state index contributed by atoms with van der Waals surface area (Å²) >= 11 is 0. The second-order valence-electron chi connectivity index (χ2n) is 7.22. The number of hydrogen-bond donors (Lipinski definition) is 3. The van der Waals surface area contributed by atoms with E-state index < -0.39 is 0 Å². The second-order valence-corrected chi connectivity index (χ2v) is 7.22. The van der Waals surface area contributed by atoms with Crippen molar-refractivity contribution in [1.82, 2.24) is 25.5 Å². The normalized spacial score (nSPS) is 16.2. The summed E-state index contributed by atoms with van der Waals surface area (Å²) in [5.41, 5.74) is 2.15. The number of para-hydroxylation sites is 2. The Morgan fingerprint density at radius 3 is 2.70 bits per heavy atom. The summed E-state index contributed by atoms with van der Waals surface area (Å²) in [4.78, 5) is 14.8. The molecule has 0 amide bonds. The Morgan fingerprint density at radius 1 is 1.26 bits per heavy atom. The molecule has 2 heterocycles. The molecule has 2 aromatic rings. The number of aromatic amines is 1. The van der Waals surface area contributed by atoms with Crippen LogP contribution in [-0.2, 0) is 11.2 Å². The van der Waals surface area contributed by atoms with E-state index in [1.165, 1.54) is 0 Å². The van der Waals surface area contributed by atoms with Crippen molar-refractivity contribution in [2.24, 2.45) is 4.99 Å². The Bertz CT molecular complexity index is 706. The summed E-state index contributed by atoms with van der Waals surface area (Å²) in [6.45, 7) is 9.70. The van der Waals surface area contributed by atoms with Gasteiger partial charge in [0.05, 0.1) is 24.2 Å². The number of morpholine rings is 1. The van der Waals surface area contributed by atoms with Crippen LogP contribution in [0, 0.1) is 0 Å². The first-order valence-corrected chi connectivity index (χ1v) is 9.29. The molecule has 0 saturated carbocycles. The Balaban J connectivity index is 0.00000261. The summed E-state index contributed by atoms with van der Waals surface area (Å²) in [5, 5.41) is 6.82. The molecule has 7 nitrogen and oxygen atoms in total. The van der Waals surface area contributed by atoms with E-state index in [1.54, 1.807) is 7.05 Å². The third-order valence-electron chi connectivity index (χ3n) is 4.87. The van der Waals surface area contributed by atoms with E-state index in [9.17, 15) is 0 Å². The molecule has 1 fully saturated rings. The number of H-pyrrole nitrogens is 1. The van der Waals surface area contributed by atoms with Gasteiger partial charge < -0.3 is 20.4 Å². The average Bonchev–Trinajstić information content (AvgIpc) is 3.08. The fourth-order valence-electron chi connectivity index (χ4n) is 3.22. The molecule has 1 saturated heterocycles. The number of aliphatic imine (C=N–C) groups is 1. The van der Waals surface area contributed by atoms with Gasteiger partial charge >= 0.3 is 0 Å². The molecule has 0 spiro atoms. The van der Waals surface area contributed by atoms with Gasteiger partial charge in [-0.15, -0.1) is 24.0 Å². The monoisotopic (exact) mass is 486 g/mol. The van der Waals surface area contributed by atoms with Crippen LogP contribution in [0.5, 0.6) is 0 Å². The molecule has 150 valence electrons. The zero-order valence-electron chi connectivity index (χ0n) is 16.4. The third-order valence-corrected chi connectivity index (χ3v) is 4.87. The number of rotatable bonds is 6. The van der Waals surface area contributed by atoms with E-state index in [0.717, 1.165) is 68.6 Å².